The zero-order valence-electron chi connectivity index (χ0n) is 27.5. The number of hydrogen-bond acceptors (Lipinski definition) is 7. The first-order valence-corrected chi connectivity index (χ1v) is 17.3. The van der Waals surface area contributed by atoms with E-state index in [-0.39, 0.29) is 41.5 Å². The third-order valence-electron chi connectivity index (χ3n) is 10.8. The molecule has 9 nitrogen and oxygen atoms in total. The number of aromatic hydroxyl groups is 1. The number of halogens is 3. The highest BCUT2D eigenvalue weighted by Crippen LogP contribution is 2.66. The molecular weight excluding hydrogens is 710 g/mol. The van der Waals surface area contributed by atoms with E-state index < -0.39 is 62.9 Å². The number of benzene rings is 4. The Morgan fingerprint density at radius 2 is 1.44 bits per heavy atom. The van der Waals surface area contributed by atoms with Gasteiger partial charge < -0.3 is 9.84 Å². The number of rotatable bonds is 6. The summed E-state index contributed by atoms with van der Waals surface area (Å²) in [6, 6.07) is 24.0. The predicted molar refractivity (Wildman–Crippen MR) is 190 cm³/mol. The number of imide groups is 2. The lowest BCUT2D eigenvalue weighted by molar-refractivity contribution is -0.125. The molecule has 4 amide bonds. The minimum atomic E-state index is -2.16. The van der Waals surface area contributed by atoms with Crippen LogP contribution in [0.15, 0.2) is 109 Å². The number of alkyl halides is 2. The monoisotopic (exact) mass is 738 g/mol. The number of phenolic OH excluding ortho intramolecular Hbond substituents is 1. The lowest BCUT2D eigenvalue weighted by Crippen LogP contribution is -2.60. The molecule has 1 saturated carbocycles. The summed E-state index contributed by atoms with van der Waals surface area (Å²) in [5.74, 6) is -7.17. The minimum absolute atomic E-state index is 0.0598. The number of nitrogens with zero attached hydrogens (tertiary/aromatic N) is 2. The molecule has 2 heterocycles. The zero-order chi connectivity index (χ0) is 36.7. The van der Waals surface area contributed by atoms with Crippen molar-refractivity contribution in [1.29, 1.82) is 0 Å². The van der Waals surface area contributed by atoms with E-state index in [1.54, 1.807) is 60.7 Å². The summed E-state index contributed by atoms with van der Waals surface area (Å²) >= 11 is 14.8. The van der Waals surface area contributed by atoms with Crippen molar-refractivity contribution in [3.63, 3.8) is 0 Å². The van der Waals surface area contributed by atoms with Crippen molar-refractivity contribution < 1.29 is 38.2 Å². The van der Waals surface area contributed by atoms with Gasteiger partial charge in [-0.2, -0.15) is 0 Å². The van der Waals surface area contributed by atoms with Crippen LogP contribution in [0.25, 0.3) is 0 Å². The molecule has 1 N–H and O–H groups in total. The molecule has 4 aliphatic rings. The van der Waals surface area contributed by atoms with Gasteiger partial charge in [-0.3, -0.25) is 28.9 Å². The van der Waals surface area contributed by atoms with Crippen LogP contribution in [0.1, 0.15) is 40.2 Å². The fourth-order valence-corrected chi connectivity index (χ4v) is 9.38. The summed E-state index contributed by atoms with van der Waals surface area (Å²) in [5, 5.41) is 10.3. The lowest BCUT2D eigenvalue weighted by Gasteiger charge is -2.50. The van der Waals surface area contributed by atoms with Gasteiger partial charge in [-0.1, -0.05) is 48.0 Å². The number of ether oxygens (including phenoxy) is 1. The predicted octanol–water partition coefficient (Wildman–Crippen LogP) is 6.54. The van der Waals surface area contributed by atoms with Crippen molar-refractivity contribution in [2.24, 2.45) is 17.8 Å². The Balaban J connectivity index is 1.22. The van der Waals surface area contributed by atoms with Gasteiger partial charge in [0.25, 0.3) is 11.8 Å². The molecule has 2 aliphatic carbocycles. The summed E-state index contributed by atoms with van der Waals surface area (Å²) in [6.45, 7) is 0. The van der Waals surface area contributed by atoms with Gasteiger partial charge in [-0.15, -0.1) is 23.2 Å². The van der Waals surface area contributed by atoms with Crippen LogP contribution in [0.4, 0.5) is 15.8 Å². The van der Waals surface area contributed by atoms with Crippen LogP contribution in [0.5, 0.6) is 11.5 Å². The second kappa shape index (κ2) is 12.1. The summed E-state index contributed by atoms with van der Waals surface area (Å²) < 4.78 is 19.6. The van der Waals surface area contributed by atoms with Crippen molar-refractivity contribution in [3.8, 4) is 11.5 Å². The van der Waals surface area contributed by atoms with E-state index in [0.717, 1.165) is 21.9 Å². The molecule has 6 atom stereocenters. The first-order valence-electron chi connectivity index (χ1n) is 16.6. The molecule has 2 saturated heterocycles. The van der Waals surface area contributed by atoms with Gasteiger partial charge in [0.1, 0.15) is 17.3 Å². The maximum atomic E-state index is 14.6. The topological polar surface area (TPSA) is 121 Å². The number of allylic oxidation sites excluding steroid dienone is 2. The molecule has 4 aromatic rings. The second-order valence-electron chi connectivity index (χ2n) is 13.4. The van der Waals surface area contributed by atoms with Gasteiger partial charge in [0.15, 0.2) is 15.5 Å². The molecule has 3 fully saturated rings. The molecule has 8 rings (SSSR count). The lowest BCUT2D eigenvalue weighted by atomic mass is 9.56. The fraction of sp³-hybridized carbons (Fsp3) is 0.225. The summed E-state index contributed by atoms with van der Waals surface area (Å²) in [6.07, 6.45) is 1.66. The summed E-state index contributed by atoms with van der Waals surface area (Å²) in [4.78, 5) is 68.2. The van der Waals surface area contributed by atoms with Crippen molar-refractivity contribution in [1.82, 2.24) is 0 Å². The largest absolute Gasteiger partial charge is 0.508 e. The van der Waals surface area contributed by atoms with E-state index in [9.17, 15) is 33.5 Å². The Morgan fingerprint density at radius 3 is 2.12 bits per heavy atom. The number of ketones is 1. The zero-order valence-corrected chi connectivity index (χ0v) is 29.0. The highest BCUT2D eigenvalue weighted by atomic mass is 35.5. The molecule has 0 bridgehead atoms. The Morgan fingerprint density at radius 1 is 0.808 bits per heavy atom. The first-order chi connectivity index (χ1) is 24.9. The van der Waals surface area contributed by atoms with Crippen LogP contribution in [0.2, 0.25) is 0 Å². The van der Waals surface area contributed by atoms with Gasteiger partial charge in [-0.05, 0) is 73.4 Å². The van der Waals surface area contributed by atoms with Crippen LogP contribution in [0, 0.1) is 23.6 Å². The van der Waals surface area contributed by atoms with Crippen molar-refractivity contribution in [2.75, 3.05) is 16.9 Å². The van der Waals surface area contributed by atoms with E-state index in [0.29, 0.717) is 22.3 Å². The van der Waals surface area contributed by atoms with Crippen molar-refractivity contribution >= 4 is 64.0 Å². The van der Waals surface area contributed by atoms with E-state index in [4.69, 9.17) is 27.9 Å². The fourth-order valence-electron chi connectivity index (χ4n) is 8.46. The molecular formula is C40H29Cl2FN2O7. The van der Waals surface area contributed by atoms with Crippen LogP contribution in [-0.2, 0) is 19.2 Å². The number of amides is 4. The Hall–Kier alpha value is -5.32. The highest BCUT2D eigenvalue weighted by Gasteiger charge is 2.77. The number of carbonyl (C=O) groups excluding carboxylic acids is 5. The summed E-state index contributed by atoms with van der Waals surface area (Å²) in [7, 11) is 1.38. The molecule has 12 heteroatoms. The maximum Gasteiger partial charge on any atom is 0.258 e. The van der Waals surface area contributed by atoms with E-state index in [2.05, 4.69) is 0 Å². The molecule has 0 radical (unpaired) electrons. The van der Waals surface area contributed by atoms with E-state index in [1.807, 2.05) is 0 Å². The maximum absolute atomic E-state index is 14.6. The number of fused-ring (bicyclic) bond motifs is 4. The minimum Gasteiger partial charge on any atom is -0.508 e. The average Bonchev–Trinajstić information content (AvgIpc) is 3.49. The Kier molecular flexibility index (Phi) is 7.89. The Labute approximate surface area is 307 Å². The van der Waals surface area contributed by atoms with Gasteiger partial charge in [0.2, 0.25) is 11.8 Å². The third-order valence-corrected chi connectivity index (χ3v) is 12.3. The van der Waals surface area contributed by atoms with E-state index >= 15 is 0 Å². The van der Waals surface area contributed by atoms with Crippen LogP contribution in [0.3, 0.4) is 0 Å². The first kappa shape index (κ1) is 33.8. The molecule has 262 valence electrons. The second-order valence-corrected chi connectivity index (χ2v) is 14.7. The summed E-state index contributed by atoms with van der Waals surface area (Å²) in [5.41, 5.74) is 2.09. The van der Waals surface area contributed by atoms with Gasteiger partial charge in [-0.25, -0.2) is 9.29 Å². The standard InChI is InChI=1S/C40H29Cl2FN2O7/c1-52-31-19-26(46)15-16-28(31)33-27-17-18-29-32(30(27)20-39(41)37(50)45(38(51)40(33,39)42)25-13-9-23(43)10-14-25)36(49)44(35(29)48)24-11-7-22(8-12-24)34(47)21-5-3-2-4-6-21/h2-17,19,29-30,32-33,46H,18,20H2,1H3. The molecule has 0 spiro atoms. The SMILES string of the molecule is COc1cc(O)ccc1C1C2=CCC3C(=O)N(c4ccc(C(=O)c5ccccc5)cc4)C(=O)C3C2CC2(Cl)C(=O)N(c3ccc(F)cc3)C(=O)C12Cl. The van der Waals surface area contributed by atoms with Crippen LogP contribution >= 0.6 is 23.2 Å². The average molecular weight is 740 g/mol. The molecule has 2 aliphatic heterocycles. The van der Waals surface area contributed by atoms with Crippen molar-refractivity contribution in [2.45, 2.75) is 28.5 Å². The van der Waals surface area contributed by atoms with E-state index in [1.165, 1.54) is 37.4 Å². The smallest absolute Gasteiger partial charge is 0.258 e. The van der Waals surface area contributed by atoms with Gasteiger partial charge in [0, 0.05) is 28.7 Å². The van der Waals surface area contributed by atoms with Crippen LogP contribution in [-0.4, -0.2) is 51.4 Å². The van der Waals surface area contributed by atoms with Gasteiger partial charge in [0.05, 0.1) is 30.3 Å². The molecule has 0 aromatic heterocycles. The highest BCUT2D eigenvalue weighted by molar-refractivity contribution is 6.58. The number of carbonyl (C=O) groups is 5. The van der Waals surface area contributed by atoms with Gasteiger partial charge >= 0.3 is 0 Å². The quantitative estimate of drug-likeness (QED) is 0.103. The molecule has 52 heavy (non-hydrogen) atoms. The number of hydrogen-bond donors (Lipinski definition) is 1. The Bertz CT molecular complexity index is 2230. The molecule has 6 unspecified atom stereocenters. The molecule has 4 aromatic carbocycles. The van der Waals surface area contributed by atoms with Crippen LogP contribution < -0.4 is 14.5 Å². The van der Waals surface area contributed by atoms with Crippen molar-refractivity contribution in [3.05, 3.63) is 131 Å². The number of methoxy groups -OCH3 is 1. The number of phenols is 1. The third kappa shape index (κ3) is 4.70. The number of anilines is 2. The normalized spacial score (nSPS) is 28.0.